The van der Waals surface area contributed by atoms with Crippen LogP contribution in [0, 0.1) is 6.92 Å². The zero-order valence-corrected chi connectivity index (χ0v) is 11.9. The molecule has 0 aliphatic heterocycles. The van der Waals surface area contributed by atoms with Crippen LogP contribution in [0.15, 0.2) is 18.2 Å². The summed E-state index contributed by atoms with van der Waals surface area (Å²) in [6, 6.07) is 4.31. The molecule has 1 rings (SSSR count). The van der Waals surface area contributed by atoms with E-state index in [4.69, 9.17) is 9.84 Å². The molecule has 0 saturated heterocycles. The molecule has 1 aromatic rings. The highest BCUT2D eigenvalue weighted by molar-refractivity contribution is 5.95. The van der Waals surface area contributed by atoms with Crippen molar-refractivity contribution >= 4 is 17.7 Å². The van der Waals surface area contributed by atoms with E-state index in [9.17, 15) is 9.59 Å². The van der Waals surface area contributed by atoms with Crippen molar-refractivity contribution in [2.24, 2.45) is 0 Å². The minimum Gasteiger partial charge on any atom is -0.478 e. The summed E-state index contributed by atoms with van der Waals surface area (Å²) in [6.45, 7) is 4.03. The van der Waals surface area contributed by atoms with Crippen molar-refractivity contribution in [3.8, 4) is 0 Å². The van der Waals surface area contributed by atoms with Crippen molar-refractivity contribution in [1.82, 2.24) is 5.32 Å². The fraction of sp³-hybridized carbons (Fsp3) is 0.429. The molecule has 6 nitrogen and oxygen atoms in total. The topological polar surface area (TPSA) is 87.7 Å². The van der Waals surface area contributed by atoms with Gasteiger partial charge in [-0.15, -0.1) is 0 Å². The van der Waals surface area contributed by atoms with E-state index < -0.39 is 5.97 Å². The molecule has 0 saturated carbocycles. The van der Waals surface area contributed by atoms with Gasteiger partial charge in [0.1, 0.15) is 0 Å². The minimum absolute atomic E-state index is 0.0806. The molecule has 1 aromatic carbocycles. The predicted octanol–water partition coefficient (Wildman–Crippen LogP) is 2.24. The third-order valence-corrected chi connectivity index (χ3v) is 3.01. The maximum atomic E-state index is 11.9. The van der Waals surface area contributed by atoms with E-state index in [1.54, 1.807) is 26.2 Å². The van der Waals surface area contributed by atoms with Crippen LogP contribution in [-0.4, -0.2) is 36.9 Å². The molecule has 0 radical (unpaired) electrons. The van der Waals surface area contributed by atoms with Crippen LogP contribution in [-0.2, 0) is 4.74 Å². The van der Waals surface area contributed by atoms with Gasteiger partial charge in [0, 0.05) is 12.8 Å². The third kappa shape index (κ3) is 4.24. The van der Waals surface area contributed by atoms with Crippen molar-refractivity contribution in [1.29, 1.82) is 0 Å². The number of amides is 2. The Morgan fingerprint density at radius 1 is 1.40 bits per heavy atom. The number of hydrogen-bond donors (Lipinski definition) is 3. The SMILES string of the molecule is CCC(COC)NC(=O)Nc1cccc(C(=O)O)c1C. The summed E-state index contributed by atoms with van der Waals surface area (Å²) in [5.41, 5.74) is 1.18. The lowest BCUT2D eigenvalue weighted by molar-refractivity contribution is 0.0696. The first-order valence-electron chi connectivity index (χ1n) is 6.39. The highest BCUT2D eigenvalue weighted by Crippen LogP contribution is 2.18. The smallest absolute Gasteiger partial charge is 0.336 e. The maximum Gasteiger partial charge on any atom is 0.336 e. The molecule has 0 aromatic heterocycles. The van der Waals surface area contributed by atoms with Gasteiger partial charge in [-0.1, -0.05) is 13.0 Å². The first-order chi connectivity index (χ1) is 9.49. The Kier molecular flexibility index (Phi) is 5.99. The monoisotopic (exact) mass is 280 g/mol. The van der Waals surface area contributed by atoms with E-state index in [2.05, 4.69) is 10.6 Å². The number of aromatic carboxylic acids is 1. The van der Waals surface area contributed by atoms with Crippen LogP contribution >= 0.6 is 0 Å². The molecule has 6 heteroatoms. The van der Waals surface area contributed by atoms with Crippen LogP contribution in [0.2, 0.25) is 0 Å². The Bertz CT molecular complexity index is 488. The minimum atomic E-state index is -1.02. The number of carbonyl (C=O) groups excluding carboxylic acids is 1. The highest BCUT2D eigenvalue weighted by Gasteiger charge is 2.14. The number of rotatable bonds is 6. The zero-order chi connectivity index (χ0) is 15.1. The fourth-order valence-electron chi connectivity index (χ4n) is 1.81. The molecule has 0 spiro atoms. The molecule has 0 aliphatic rings. The molecule has 3 N–H and O–H groups in total. The van der Waals surface area contributed by atoms with E-state index in [1.165, 1.54) is 6.07 Å². The van der Waals surface area contributed by atoms with Gasteiger partial charge in [-0.3, -0.25) is 0 Å². The number of benzene rings is 1. The molecule has 1 unspecified atom stereocenters. The van der Waals surface area contributed by atoms with Crippen LogP contribution in [0.5, 0.6) is 0 Å². The number of nitrogens with one attached hydrogen (secondary N) is 2. The molecule has 110 valence electrons. The Hall–Kier alpha value is -2.08. The lowest BCUT2D eigenvalue weighted by Crippen LogP contribution is -2.40. The Morgan fingerprint density at radius 3 is 2.65 bits per heavy atom. The average Bonchev–Trinajstić information content (AvgIpc) is 2.40. The summed E-state index contributed by atoms with van der Waals surface area (Å²) in [5.74, 6) is -1.02. The van der Waals surface area contributed by atoms with Gasteiger partial charge < -0.3 is 20.5 Å². The summed E-state index contributed by atoms with van der Waals surface area (Å²) in [5, 5.41) is 14.5. The number of urea groups is 1. The van der Waals surface area contributed by atoms with Crippen molar-refractivity contribution in [3.05, 3.63) is 29.3 Å². The third-order valence-electron chi connectivity index (χ3n) is 3.01. The Labute approximate surface area is 118 Å². The van der Waals surface area contributed by atoms with Crippen molar-refractivity contribution in [2.45, 2.75) is 26.3 Å². The zero-order valence-electron chi connectivity index (χ0n) is 11.9. The van der Waals surface area contributed by atoms with Gasteiger partial charge in [-0.05, 0) is 31.0 Å². The second kappa shape index (κ2) is 7.49. The molecule has 1 atom stereocenters. The van der Waals surface area contributed by atoms with Crippen LogP contribution in [0.3, 0.4) is 0 Å². The summed E-state index contributed by atoms with van der Waals surface area (Å²) in [6.07, 6.45) is 0.745. The fourth-order valence-corrected chi connectivity index (χ4v) is 1.81. The normalized spacial score (nSPS) is 11.8. The van der Waals surface area contributed by atoms with Crippen LogP contribution in [0.4, 0.5) is 10.5 Å². The van der Waals surface area contributed by atoms with E-state index in [-0.39, 0.29) is 17.6 Å². The predicted molar refractivity (Wildman–Crippen MR) is 76.2 cm³/mol. The van der Waals surface area contributed by atoms with Gasteiger partial charge in [0.15, 0.2) is 0 Å². The lowest BCUT2D eigenvalue weighted by atomic mass is 10.1. The average molecular weight is 280 g/mol. The number of methoxy groups -OCH3 is 1. The van der Waals surface area contributed by atoms with Gasteiger partial charge in [-0.2, -0.15) is 0 Å². The van der Waals surface area contributed by atoms with Crippen LogP contribution in [0.25, 0.3) is 0 Å². The molecule has 0 bridgehead atoms. The number of carboxylic acids is 1. The Morgan fingerprint density at radius 2 is 2.10 bits per heavy atom. The van der Waals surface area contributed by atoms with Crippen LogP contribution < -0.4 is 10.6 Å². The van der Waals surface area contributed by atoms with Gasteiger partial charge in [0.05, 0.1) is 18.2 Å². The summed E-state index contributed by atoms with van der Waals surface area (Å²) in [7, 11) is 1.57. The number of ether oxygens (including phenoxy) is 1. The lowest BCUT2D eigenvalue weighted by Gasteiger charge is -2.17. The van der Waals surface area contributed by atoms with Gasteiger partial charge in [0.25, 0.3) is 0 Å². The van der Waals surface area contributed by atoms with Crippen molar-refractivity contribution in [2.75, 3.05) is 19.0 Å². The number of hydrogen-bond acceptors (Lipinski definition) is 3. The van der Waals surface area contributed by atoms with Gasteiger partial charge in [0.2, 0.25) is 0 Å². The Balaban J connectivity index is 2.76. The molecular weight excluding hydrogens is 260 g/mol. The molecule has 0 fully saturated rings. The molecule has 2 amide bonds. The second-order valence-electron chi connectivity index (χ2n) is 4.44. The standard InChI is InChI=1S/C14H20N2O4/c1-4-10(8-20-3)15-14(19)16-12-7-5-6-11(9(12)2)13(17)18/h5-7,10H,4,8H2,1-3H3,(H,17,18)(H2,15,16,19). The first kappa shape index (κ1) is 16.0. The first-order valence-corrected chi connectivity index (χ1v) is 6.39. The van der Waals surface area contributed by atoms with E-state index in [1.807, 2.05) is 6.92 Å². The van der Waals surface area contributed by atoms with E-state index >= 15 is 0 Å². The summed E-state index contributed by atoms with van der Waals surface area (Å²) < 4.78 is 5.00. The van der Waals surface area contributed by atoms with Gasteiger partial charge in [-0.25, -0.2) is 9.59 Å². The molecule has 20 heavy (non-hydrogen) atoms. The number of carbonyl (C=O) groups is 2. The summed E-state index contributed by atoms with van der Waals surface area (Å²) in [4.78, 5) is 22.9. The molecule has 0 aliphatic carbocycles. The number of anilines is 1. The largest absolute Gasteiger partial charge is 0.478 e. The maximum absolute atomic E-state index is 11.9. The van der Waals surface area contributed by atoms with Crippen molar-refractivity contribution in [3.63, 3.8) is 0 Å². The number of carboxylic acid groups (broad SMARTS) is 1. The second-order valence-corrected chi connectivity index (χ2v) is 4.44. The molecular formula is C14H20N2O4. The van der Waals surface area contributed by atoms with E-state index in [0.29, 0.717) is 17.9 Å². The molecule has 0 heterocycles. The van der Waals surface area contributed by atoms with Crippen molar-refractivity contribution < 1.29 is 19.4 Å². The van der Waals surface area contributed by atoms with E-state index in [0.717, 1.165) is 6.42 Å². The highest BCUT2D eigenvalue weighted by atomic mass is 16.5. The quantitative estimate of drug-likeness (QED) is 0.745. The summed E-state index contributed by atoms with van der Waals surface area (Å²) >= 11 is 0. The van der Waals surface area contributed by atoms with Crippen LogP contribution in [0.1, 0.15) is 29.3 Å². The van der Waals surface area contributed by atoms with Gasteiger partial charge >= 0.3 is 12.0 Å².